The van der Waals surface area contributed by atoms with Crippen molar-refractivity contribution in [2.75, 3.05) is 6.54 Å². The molecule has 1 aromatic heterocycles. The summed E-state index contributed by atoms with van der Waals surface area (Å²) in [5, 5.41) is 2.99. The molecule has 0 saturated heterocycles. The molecule has 0 aliphatic heterocycles. The van der Waals surface area contributed by atoms with Gasteiger partial charge in [-0.25, -0.2) is 0 Å². The first-order valence-corrected chi connectivity index (χ1v) is 8.78. The van der Waals surface area contributed by atoms with Gasteiger partial charge in [0.2, 0.25) is 5.91 Å². The highest BCUT2D eigenvalue weighted by molar-refractivity contribution is 9.10. The second-order valence-electron chi connectivity index (χ2n) is 6.14. The first kappa shape index (κ1) is 17.8. The van der Waals surface area contributed by atoms with Crippen molar-refractivity contribution in [2.24, 2.45) is 17.3 Å². The van der Waals surface area contributed by atoms with Crippen molar-refractivity contribution in [2.45, 2.75) is 26.7 Å². The predicted octanol–water partition coefficient (Wildman–Crippen LogP) is 4.48. The molecule has 0 radical (unpaired) electrons. The number of hydrogen-bond acceptors (Lipinski definition) is 2. The highest BCUT2D eigenvalue weighted by atomic mass is 79.9. The van der Waals surface area contributed by atoms with Gasteiger partial charge in [-0.15, -0.1) is 0 Å². The number of allylic oxidation sites excluding steroid dienone is 1. The Morgan fingerprint density at radius 3 is 2.77 bits per heavy atom. The van der Waals surface area contributed by atoms with Gasteiger partial charge in [-0.3, -0.25) is 9.78 Å². The number of nitrogens with zero attached hydrogens (tertiary/aromatic N) is 1. The van der Waals surface area contributed by atoms with E-state index in [4.69, 9.17) is 23.2 Å². The monoisotopic (exact) mass is 404 g/mol. The van der Waals surface area contributed by atoms with Crippen molar-refractivity contribution in [1.29, 1.82) is 0 Å². The number of amides is 1. The van der Waals surface area contributed by atoms with E-state index >= 15 is 0 Å². The van der Waals surface area contributed by atoms with E-state index in [0.29, 0.717) is 6.54 Å². The molecule has 1 N–H and O–H groups in total. The van der Waals surface area contributed by atoms with Crippen LogP contribution in [-0.4, -0.2) is 17.4 Å². The number of carbonyl (C=O) groups is 1. The van der Waals surface area contributed by atoms with Crippen LogP contribution in [0.4, 0.5) is 0 Å². The third-order valence-corrected chi connectivity index (χ3v) is 4.92. The molecule has 1 aliphatic carbocycles. The number of carbonyl (C=O) groups excluding carboxylic acids is 1. The van der Waals surface area contributed by atoms with Crippen LogP contribution in [0.3, 0.4) is 0 Å². The van der Waals surface area contributed by atoms with Crippen LogP contribution in [0.2, 0.25) is 0 Å². The quantitative estimate of drug-likeness (QED) is 0.708. The van der Waals surface area contributed by atoms with Gasteiger partial charge in [0.1, 0.15) is 4.49 Å². The van der Waals surface area contributed by atoms with Crippen molar-refractivity contribution < 1.29 is 4.79 Å². The summed E-state index contributed by atoms with van der Waals surface area (Å²) in [4.78, 5) is 16.5. The standard InChI is InChI=1S/C16H19BrCl2N2O/c1-16(2)12(8-13(18)19)14(16)15(22)20-7-3-4-11-6-5-10(17)9-21-11/h5-6,8-9,12,14H,3-4,7H2,1-2H3,(H,20,22). The summed E-state index contributed by atoms with van der Waals surface area (Å²) >= 11 is 14.8. The average molecular weight is 406 g/mol. The molecule has 2 atom stereocenters. The van der Waals surface area contributed by atoms with Crippen molar-refractivity contribution in [3.8, 4) is 0 Å². The normalized spacial score (nSPS) is 22.0. The van der Waals surface area contributed by atoms with Crippen LogP contribution >= 0.6 is 39.1 Å². The zero-order chi connectivity index (χ0) is 16.3. The zero-order valence-corrected chi connectivity index (χ0v) is 15.7. The summed E-state index contributed by atoms with van der Waals surface area (Å²) in [6.45, 7) is 4.76. The van der Waals surface area contributed by atoms with Crippen LogP contribution < -0.4 is 5.32 Å². The molecule has 1 aromatic rings. The summed E-state index contributed by atoms with van der Waals surface area (Å²) in [5.41, 5.74) is 0.950. The molecule has 2 rings (SSSR count). The summed E-state index contributed by atoms with van der Waals surface area (Å²) in [7, 11) is 0. The molecule has 1 aliphatic rings. The second kappa shape index (κ2) is 7.33. The first-order chi connectivity index (χ1) is 10.3. The van der Waals surface area contributed by atoms with Gasteiger partial charge in [0.05, 0.1) is 5.92 Å². The highest BCUT2D eigenvalue weighted by Gasteiger charge is 2.60. The largest absolute Gasteiger partial charge is 0.356 e. The first-order valence-electron chi connectivity index (χ1n) is 7.23. The van der Waals surface area contributed by atoms with E-state index in [1.54, 1.807) is 12.3 Å². The molecule has 22 heavy (non-hydrogen) atoms. The van der Waals surface area contributed by atoms with E-state index in [9.17, 15) is 4.79 Å². The minimum atomic E-state index is -0.0770. The van der Waals surface area contributed by atoms with Gasteiger partial charge in [-0.1, -0.05) is 37.0 Å². The Balaban J connectivity index is 1.75. The molecular weight excluding hydrogens is 387 g/mol. The Morgan fingerprint density at radius 1 is 1.45 bits per heavy atom. The number of pyridine rings is 1. The smallest absolute Gasteiger partial charge is 0.224 e. The summed E-state index contributed by atoms with van der Waals surface area (Å²) in [5.74, 6) is 0.140. The van der Waals surface area contributed by atoms with E-state index in [0.717, 1.165) is 23.0 Å². The summed E-state index contributed by atoms with van der Waals surface area (Å²) < 4.78 is 1.20. The van der Waals surface area contributed by atoms with Gasteiger partial charge in [-0.05, 0) is 58.3 Å². The fraction of sp³-hybridized carbons (Fsp3) is 0.500. The zero-order valence-electron chi connectivity index (χ0n) is 12.6. The van der Waals surface area contributed by atoms with Crippen LogP contribution in [0.15, 0.2) is 33.4 Å². The molecule has 1 amide bonds. The molecule has 120 valence electrons. The highest BCUT2D eigenvalue weighted by Crippen LogP contribution is 2.59. The van der Waals surface area contributed by atoms with E-state index in [1.807, 2.05) is 12.1 Å². The van der Waals surface area contributed by atoms with Gasteiger partial charge < -0.3 is 5.32 Å². The number of aromatic nitrogens is 1. The number of halogens is 3. The molecule has 2 unspecified atom stereocenters. The molecule has 0 bridgehead atoms. The Hall–Kier alpha value is -0.580. The number of rotatable bonds is 6. The lowest BCUT2D eigenvalue weighted by Gasteiger charge is -2.06. The third kappa shape index (κ3) is 4.46. The molecule has 0 spiro atoms. The fourth-order valence-electron chi connectivity index (χ4n) is 2.77. The molecule has 1 fully saturated rings. The Bertz CT molecular complexity index is 568. The average Bonchev–Trinajstić information content (AvgIpc) is 2.97. The van der Waals surface area contributed by atoms with E-state index < -0.39 is 0 Å². The van der Waals surface area contributed by atoms with Gasteiger partial charge in [0.15, 0.2) is 0 Å². The lowest BCUT2D eigenvalue weighted by Crippen LogP contribution is -2.28. The van der Waals surface area contributed by atoms with E-state index in [2.05, 4.69) is 40.1 Å². The van der Waals surface area contributed by atoms with Crippen LogP contribution in [0, 0.1) is 17.3 Å². The van der Waals surface area contributed by atoms with Crippen LogP contribution in [0.25, 0.3) is 0 Å². The van der Waals surface area contributed by atoms with Crippen LogP contribution in [0.5, 0.6) is 0 Å². The second-order valence-corrected chi connectivity index (χ2v) is 8.07. The minimum Gasteiger partial charge on any atom is -0.356 e. The van der Waals surface area contributed by atoms with Gasteiger partial charge in [0.25, 0.3) is 0 Å². The Kier molecular flexibility index (Phi) is 5.92. The Morgan fingerprint density at radius 2 is 2.18 bits per heavy atom. The van der Waals surface area contributed by atoms with Crippen molar-refractivity contribution in [3.05, 3.63) is 39.1 Å². The Labute approximate surface area is 149 Å². The van der Waals surface area contributed by atoms with E-state index in [-0.39, 0.29) is 27.6 Å². The third-order valence-electron chi connectivity index (χ3n) is 4.20. The van der Waals surface area contributed by atoms with Crippen LogP contribution in [-0.2, 0) is 11.2 Å². The molecule has 3 nitrogen and oxygen atoms in total. The predicted molar refractivity (Wildman–Crippen MR) is 93.8 cm³/mol. The number of nitrogens with one attached hydrogen (secondary N) is 1. The SMILES string of the molecule is CC1(C)C(C=C(Cl)Cl)C1C(=O)NCCCc1ccc(Br)cn1. The van der Waals surface area contributed by atoms with Gasteiger partial charge in [0, 0.05) is 22.9 Å². The minimum absolute atomic E-state index is 0.0502. The maximum Gasteiger partial charge on any atom is 0.224 e. The van der Waals surface area contributed by atoms with Crippen molar-refractivity contribution in [3.63, 3.8) is 0 Å². The topological polar surface area (TPSA) is 42.0 Å². The number of hydrogen-bond donors (Lipinski definition) is 1. The van der Waals surface area contributed by atoms with E-state index in [1.165, 1.54) is 0 Å². The molecule has 0 aromatic carbocycles. The van der Waals surface area contributed by atoms with Crippen molar-refractivity contribution >= 4 is 45.0 Å². The maximum absolute atomic E-state index is 12.2. The van der Waals surface area contributed by atoms with Gasteiger partial charge >= 0.3 is 0 Å². The fourth-order valence-corrected chi connectivity index (χ4v) is 3.28. The van der Waals surface area contributed by atoms with Crippen molar-refractivity contribution in [1.82, 2.24) is 10.3 Å². The molecule has 6 heteroatoms. The van der Waals surface area contributed by atoms with Crippen LogP contribution in [0.1, 0.15) is 26.0 Å². The summed E-state index contributed by atoms with van der Waals surface area (Å²) in [6.07, 6.45) is 5.26. The lowest BCUT2D eigenvalue weighted by atomic mass is 10.1. The maximum atomic E-state index is 12.2. The molecule has 1 heterocycles. The van der Waals surface area contributed by atoms with Gasteiger partial charge in [-0.2, -0.15) is 0 Å². The molecule has 1 saturated carbocycles. The molecular formula is C16H19BrCl2N2O. The number of aryl methyl sites for hydroxylation is 1. The summed E-state index contributed by atoms with van der Waals surface area (Å²) in [6, 6.07) is 3.96. The lowest BCUT2D eigenvalue weighted by molar-refractivity contribution is -0.123.